The molecule has 0 bridgehead atoms. The Morgan fingerprint density at radius 1 is 1.08 bits per heavy atom. The average molecular weight is 503 g/mol. The summed E-state index contributed by atoms with van der Waals surface area (Å²) >= 11 is 0. The van der Waals surface area contributed by atoms with Crippen molar-refractivity contribution in [2.45, 2.75) is 39.5 Å². The fraction of sp³-hybridized carbons (Fsp3) is 0.310. The minimum atomic E-state index is -1.66. The third-order valence-corrected chi connectivity index (χ3v) is 6.35. The summed E-state index contributed by atoms with van der Waals surface area (Å²) in [6, 6.07) is 17.4. The molecule has 0 aliphatic heterocycles. The molecular formula is C29H31FN4O3. The molecule has 2 heterocycles. The number of nitrogens with zero attached hydrogens (tertiary/aromatic N) is 4. The summed E-state index contributed by atoms with van der Waals surface area (Å²) in [5.74, 6) is -0.292. The first-order valence-corrected chi connectivity index (χ1v) is 12.3. The van der Waals surface area contributed by atoms with Gasteiger partial charge in [-0.15, -0.1) is 0 Å². The van der Waals surface area contributed by atoms with Crippen LogP contribution in [0.2, 0.25) is 0 Å². The van der Waals surface area contributed by atoms with Crippen molar-refractivity contribution in [1.82, 2.24) is 19.4 Å². The molecule has 4 aromatic rings. The van der Waals surface area contributed by atoms with E-state index in [1.54, 1.807) is 29.0 Å². The Kier molecular flexibility index (Phi) is 8.08. The first kappa shape index (κ1) is 26.2. The highest BCUT2D eigenvalue weighted by atomic mass is 19.1. The summed E-state index contributed by atoms with van der Waals surface area (Å²) in [6.45, 7) is 4.88. The van der Waals surface area contributed by atoms with Crippen molar-refractivity contribution in [2.24, 2.45) is 5.92 Å². The zero-order valence-electron chi connectivity index (χ0n) is 21.2. The second-order valence-electron chi connectivity index (χ2n) is 9.53. The molecule has 0 radical (unpaired) electrons. The third-order valence-electron chi connectivity index (χ3n) is 6.35. The van der Waals surface area contributed by atoms with Gasteiger partial charge in [0.25, 0.3) is 11.5 Å². The van der Waals surface area contributed by atoms with Crippen LogP contribution in [0.3, 0.4) is 0 Å². The van der Waals surface area contributed by atoms with Gasteiger partial charge in [-0.05, 0) is 36.6 Å². The van der Waals surface area contributed by atoms with E-state index in [9.17, 15) is 19.1 Å². The molecule has 0 saturated carbocycles. The van der Waals surface area contributed by atoms with Crippen LogP contribution < -0.4 is 5.56 Å². The number of aryl methyl sites for hydroxylation is 1. The van der Waals surface area contributed by atoms with Gasteiger partial charge in [0.2, 0.25) is 0 Å². The summed E-state index contributed by atoms with van der Waals surface area (Å²) in [6.07, 6.45) is 1.40. The normalized spacial score (nSPS) is 13.0. The molecule has 192 valence electrons. The minimum absolute atomic E-state index is 0.231. The van der Waals surface area contributed by atoms with Gasteiger partial charge in [-0.1, -0.05) is 61.9 Å². The number of aliphatic hydroxyl groups is 1. The quantitative estimate of drug-likeness (QED) is 0.368. The predicted molar refractivity (Wildman–Crippen MR) is 141 cm³/mol. The maximum absolute atomic E-state index is 14.7. The summed E-state index contributed by atoms with van der Waals surface area (Å²) in [5, 5.41) is 9.92. The lowest BCUT2D eigenvalue weighted by molar-refractivity contribution is 0.0469. The van der Waals surface area contributed by atoms with Crippen molar-refractivity contribution in [1.29, 1.82) is 0 Å². The number of amides is 1. The molecule has 0 saturated heterocycles. The molecule has 1 amide bonds. The fourth-order valence-electron chi connectivity index (χ4n) is 4.49. The van der Waals surface area contributed by atoms with Gasteiger partial charge >= 0.3 is 0 Å². The number of hydrogen-bond donors (Lipinski definition) is 1. The lowest BCUT2D eigenvalue weighted by atomic mass is 9.98. The predicted octanol–water partition coefficient (Wildman–Crippen LogP) is 4.32. The average Bonchev–Trinajstić information content (AvgIpc) is 2.90. The Hall–Kier alpha value is -3.91. The van der Waals surface area contributed by atoms with E-state index in [-0.39, 0.29) is 24.6 Å². The third kappa shape index (κ3) is 5.75. The molecule has 7 nitrogen and oxygen atoms in total. The Morgan fingerprint density at radius 3 is 2.43 bits per heavy atom. The van der Waals surface area contributed by atoms with Crippen LogP contribution in [0.25, 0.3) is 10.9 Å². The number of carbonyl (C=O) groups excluding carboxylic acids is 1. The lowest BCUT2D eigenvalue weighted by Gasteiger charge is -2.36. The van der Waals surface area contributed by atoms with Crippen LogP contribution >= 0.6 is 0 Å². The van der Waals surface area contributed by atoms with Gasteiger partial charge in [0.15, 0.2) is 0 Å². The largest absolute Gasteiger partial charge is 0.393 e. The summed E-state index contributed by atoms with van der Waals surface area (Å²) in [5.41, 5.74) is 2.40. The number of rotatable bonds is 9. The van der Waals surface area contributed by atoms with Gasteiger partial charge in [-0.2, -0.15) is 0 Å². The van der Waals surface area contributed by atoms with Gasteiger partial charge in [0.05, 0.1) is 42.8 Å². The van der Waals surface area contributed by atoms with Gasteiger partial charge < -0.3 is 10.0 Å². The Bertz CT molecular complexity index is 1420. The van der Waals surface area contributed by atoms with Crippen molar-refractivity contribution in [3.63, 3.8) is 0 Å². The van der Waals surface area contributed by atoms with E-state index in [1.165, 1.54) is 11.1 Å². The molecule has 2 aromatic heterocycles. The smallest absolute Gasteiger partial charge is 0.261 e. The molecule has 8 heteroatoms. The number of alkyl halides is 1. The van der Waals surface area contributed by atoms with Crippen molar-refractivity contribution >= 4 is 16.8 Å². The van der Waals surface area contributed by atoms with Crippen LogP contribution in [0.5, 0.6) is 0 Å². The number of aliphatic hydroxyl groups excluding tert-OH is 1. The SMILES string of the molecule is Cc1ccc(C(=O)N(C[C@H](F)CO)[C@@H](c2nc3cnccc3c(=O)n2Cc2ccccc2)C(C)C)cc1. The molecule has 0 fully saturated rings. The number of carbonyl (C=O) groups is 1. The first-order chi connectivity index (χ1) is 17.8. The summed E-state index contributed by atoms with van der Waals surface area (Å²) < 4.78 is 16.3. The van der Waals surface area contributed by atoms with Gasteiger partial charge in [0.1, 0.15) is 12.0 Å². The first-order valence-electron chi connectivity index (χ1n) is 12.3. The van der Waals surface area contributed by atoms with Crippen LogP contribution in [-0.2, 0) is 6.54 Å². The topological polar surface area (TPSA) is 88.3 Å². The molecule has 0 aliphatic rings. The van der Waals surface area contributed by atoms with Gasteiger partial charge in [0, 0.05) is 11.8 Å². The molecule has 0 spiro atoms. The van der Waals surface area contributed by atoms with E-state index >= 15 is 0 Å². The van der Waals surface area contributed by atoms with Crippen molar-refractivity contribution < 1.29 is 14.3 Å². The van der Waals surface area contributed by atoms with Crippen LogP contribution in [0.1, 0.15) is 47.2 Å². The highest BCUT2D eigenvalue weighted by molar-refractivity contribution is 5.94. The second kappa shape index (κ2) is 11.4. The number of pyridine rings is 1. The Morgan fingerprint density at radius 2 is 1.78 bits per heavy atom. The zero-order valence-corrected chi connectivity index (χ0v) is 21.2. The van der Waals surface area contributed by atoms with E-state index in [1.807, 2.05) is 63.2 Å². The maximum atomic E-state index is 14.7. The van der Waals surface area contributed by atoms with Gasteiger partial charge in [-0.25, -0.2) is 9.37 Å². The monoisotopic (exact) mass is 502 g/mol. The van der Waals surface area contributed by atoms with Crippen LogP contribution in [-0.4, -0.2) is 49.8 Å². The maximum Gasteiger partial charge on any atom is 0.261 e. The van der Waals surface area contributed by atoms with Crippen molar-refractivity contribution in [2.75, 3.05) is 13.2 Å². The highest BCUT2D eigenvalue weighted by Gasteiger charge is 2.34. The van der Waals surface area contributed by atoms with Gasteiger partial charge in [-0.3, -0.25) is 19.1 Å². The van der Waals surface area contributed by atoms with E-state index in [0.717, 1.165) is 11.1 Å². The molecule has 2 aromatic carbocycles. The van der Waals surface area contributed by atoms with Crippen molar-refractivity contribution in [3.8, 4) is 0 Å². The number of fused-ring (bicyclic) bond motifs is 1. The molecule has 1 N–H and O–H groups in total. The van der Waals surface area contributed by atoms with E-state index in [0.29, 0.717) is 22.3 Å². The standard InChI is InChI=1S/C29H31FN4O3/c1-19(2)26(33(17-23(30)18-35)28(36)22-11-9-20(3)10-12-22)27-32-25-15-31-14-13-24(25)29(37)34(27)16-21-7-5-4-6-8-21/h4-15,19,23,26,35H,16-18H2,1-3H3/t23-,26+/m0/s1. The number of benzene rings is 2. The second-order valence-corrected chi connectivity index (χ2v) is 9.53. The Balaban J connectivity index is 1.92. The lowest BCUT2D eigenvalue weighted by Crippen LogP contribution is -2.44. The van der Waals surface area contributed by atoms with E-state index in [4.69, 9.17) is 4.98 Å². The molecular weight excluding hydrogens is 471 g/mol. The van der Waals surface area contributed by atoms with Crippen LogP contribution in [0.15, 0.2) is 77.9 Å². The molecule has 2 atom stereocenters. The van der Waals surface area contributed by atoms with Crippen molar-refractivity contribution in [3.05, 3.63) is 106 Å². The molecule has 37 heavy (non-hydrogen) atoms. The van der Waals surface area contributed by atoms with Crippen LogP contribution in [0.4, 0.5) is 4.39 Å². The molecule has 0 unspecified atom stereocenters. The number of halogens is 1. The number of hydrogen-bond acceptors (Lipinski definition) is 5. The summed E-state index contributed by atoms with van der Waals surface area (Å²) in [4.78, 5) is 37.9. The molecule has 4 rings (SSSR count). The number of aromatic nitrogens is 3. The van der Waals surface area contributed by atoms with Crippen LogP contribution in [0, 0.1) is 12.8 Å². The summed E-state index contributed by atoms with van der Waals surface area (Å²) in [7, 11) is 0. The minimum Gasteiger partial charge on any atom is -0.393 e. The molecule has 0 aliphatic carbocycles. The van der Waals surface area contributed by atoms with E-state index in [2.05, 4.69) is 4.98 Å². The zero-order chi connectivity index (χ0) is 26.5. The fourth-order valence-corrected chi connectivity index (χ4v) is 4.49. The van der Waals surface area contributed by atoms with E-state index < -0.39 is 24.7 Å². The highest BCUT2D eigenvalue weighted by Crippen LogP contribution is 2.30. The Labute approximate surface area is 215 Å².